The van der Waals surface area contributed by atoms with Crippen molar-refractivity contribution in [3.05, 3.63) is 65.7 Å². The van der Waals surface area contributed by atoms with Gasteiger partial charge in [-0.15, -0.1) is 0 Å². The Balaban J connectivity index is 1.94. The topological polar surface area (TPSA) is 57.6 Å². The van der Waals surface area contributed by atoms with Gasteiger partial charge in [-0.1, -0.05) is 61.9 Å². The maximum Gasteiger partial charge on any atom is 0.264 e. The molecule has 1 heterocycles. The van der Waals surface area contributed by atoms with Crippen LogP contribution < -0.4 is 4.90 Å². The average molecular weight is 323 g/mol. The fourth-order valence-corrected chi connectivity index (χ4v) is 3.17. The number of Topliss-reactive ketones (excluding diaryl/α,β-unsaturated/α-hetero) is 1. The van der Waals surface area contributed by atoms with Gasteiger partial charge in [-0.2, -0.15) is 0 Å². The molecule has 2 aromatic rings. The number of anilines is 1. The maximum atomic E-state index is 12.9. The van der Waals surface area contributed by atoms with Gasteiger partial charge in [0, 0.05) is 17.7 Å². The lowest BCUT2D eigenvalue weighted by molar-refractivity contribution is -0.135. The number of amides is 1. The quantitative estimate of drug-likeness (QED) is 0.830. The van der Waals surface area contributed by atoms with E-state index in [2.05, 4.69) is 6.92 Å². The van der Waals surface area contributed by atoms with Crippen LogP contribution in [0, 0.1) is 0 Å². The SMILES string of the molecule is CCCCN1C(=O)C(O)(CC(=O)c2ccccc2)c2ccccc21. The summed E-state index contributed by atoms with van der Waals surface area (Å²) in [7, 11) is 0. The summed E-state index contributed by atoms with van der Waals surface area (Å²) >= 11 is 0. The van der Waals surface area contributed by atoms with E-state index in [1.807, 2.05) is 18.2 Å². The minimum Gasteiger partial charge on any atom is -0.375 e. The van der Waals surface area contributed by atoms with Gasteiger partial charge in [0.2, 0.25) is 0 Å². The molecule has 2 aromatic carbocycles. The fraction of sp³-hybridized carbons (Fsp3) is 0.300. The van der Waals surface area contributed by atoms with E-state index < -0.39 is 11.5 Å². The third-order valence-corrected chi connectivity index (χ3v) is 4.49. The first-order valence-corrected chi connectivity index (χ1v) is 8.30. The zero-order valence-electron chi connectivity index (χ0n) is 13.7. The van der Waals surface area contributed by atoms with Crippen molar-refractivity contribution in [3.63, 3.8) is 0 Å². The van der Waals surface area contributed by atoms with Gasteiger partial charge in [0.15, 0.2) is 11.4 Å². The summed E-state index contributed by atoms with van der Waals surface area (Å²) in [6.07, 6.45) is 1.56. The van der Waals surface area contributed by atoms with Crippen molar-refractivity contribution < 1.29 is 14.7 Å². The molecule has 1 unspecified atom stereocenters. The molecule has 3 rings (SSSR count). The van der Waals surface area contributed by atoms with Crippen LogP contribution in [0.3, 0.4) is 0 Å². The number of aliphatic hydroxyl groups is 1. The normalized spacial score (nSPS) is 19.4. The average Bonchev–Trinajstić information content (AvgIpc) is 2.82. The molecular weight excluding hydrogens is 302 g/mol. The Labute approximate surface area is 141 Å². The lowest BCUT2D eigenvalue weighted by Crippen LogP contribution is -2.42. The first-order valence-electron chi connectivity index (χ1n) is 8.30. The second-order valence-electron chi connectivity index (χ2n) is 6.15. The van der Waals surface area contributed by atoms with Crippen molar-refractivity contribution in [2.24, 2.45) is 0 Å². The second-order valence-corrected chi connectivity index (χ2v) is 6.15. The molecule has 1 amide bonds. The molecule has 0 saturated heterocycles. The molecule has 4 heteroatoms. The number of ketones is 1. The van der Waals surface area contributed by atoms with Crippen LogP contribution in [0.5, 0.6) is 0 Å². The maximum absolute atomic E-state index is 12.9. The van der Waals surface area contributed by atoms with E-state index in [-0.39, 0.29) is 12.2 Å². The van der Waals surface area contributed by atoms with E-state index in [0.29, 0.717) is 23.4 Å². The molecular formula is C20H21NO3. The van der Waals surface area contributed by atoms with Gasteiger partial charge in [-0.25, -0.2) is 0 Å². The minimum atomic E-state index is -1.78. The number of benzene rings is 2. The molecule has 4 nitrogen and oxygen atoms in total. The summed E-state index contributed by atoms with van der Waals surface area (Å²) in [5.74, 6) is -0.639. The van der Waals surface area contributed by atoms with Gasteiger partial charge in [-0.3, -0.25) is 9.59 Å². The predicted octanol–water partition coefficient (Wildman–Crippen LogP) is 3.29. The first kappa shape index (κ1) is 16.4. The summed E-state index contributed by atoms with van der Waals surface area (Å²) in [4.78, 5) is 27.0. The summed E-state index contributed by atoms with van der Waals surface area (Å²) in [5.41, 5.74) is -0.0463. The van der Waals surface area contributed by atoms with Gasteiger partial charge in [0.1, 0.15) is 0 Å². The third kappa shape index (κ3) is 2.74. The number of carbonyl (C=O) groups is 2. The van der Waals surface area contributed by atoms with Gasteiger partial charge in [0.25, 0.3) is 5.91 Å². The van der Waals surface area contributed by atoms with E-state index in [4.69, 9.17) is 0 Å². The monoisotopic (exact) mass is 323 g/mol. The summed E-state index contributed by atoms with van der Waals surface area (Å²) < 4.78 is 0. The zero-order chi connectivity index (χ0) is 17.2. The Morgan fingerprint density at radius 2 is 1.75 bits per heavy atom. The molecule has 1 atom stereocenters. The van der Waals surface area contributed by atoms with Crippen molar-refractivity contribution >= 4 is 17.4 Å². The number of hydrogen-bond donors (Lipinski definition) is 1. The van der Waals surface area contributed by atoms with Crippen molar-refractivity contribution in [1.82, 2.24) is 0 Å². The van der Waals surface area contributed by atoms with Crippen LogP contribution in [-0.2, 0) is 10.4 Å². The molecule has 0 radical (unpaired) electrons. The van der Waals surface area contributed by atoms with Gasteiger partial charge >= 0.3 is 0 Å². The van der Waals surface area contributed by atoms with Gasteiger partial charge in [0.05, 0.1) is 12.1 Å². The zero-order valence-corrected chi connectivity index (χ0v) is 13.7. The van der Waals surface area contributed by atoms with Gasteiger partial charge < -0.3 is 10.0 Å². The summed E-state index contributed by atoms with van der Waals surface area (Å²) in [5, 5.41) is 11.1. The van der Waals surface area contributed by atoms with Crippen LogP contribution in [0.25, 0.3) is 0 Å². The minimum absolute atomic E-state index is 0.237. The Morgan fingerprint density at radius 1 is 1.08 bits per heavy atom. The number of hydrogen-bond acceptors (Lipinski definition) is 3. The number of nitrogens with zero attached hydrogens (tertiary/aromatic N) is 1. The molecule has 0 aliphatic carbocycles. The van der Waals surface area contributed by atoms with E-state index >= 15 is 0 Å². The Morgan fingerprint density at radius 3 is 2.46 bits per heavy atom. The molecule has 1 aliphatic heterocycles. The molecule has 24 heavy (non-hydrogen) atoms. The lowest BCUT2D eigenvalue weighted by Gasteiger charge is -2.22. The molecule has 124 valence electrons. The van der Waals surface area contributed by atoms with E-state index in [1.54, 1.807) is 41.3 Å². The Kier molecular flexibility index (Phi) is 4.49. The molecule has 1 N–H and O–H groups in total. The highest BCUT2D eigenvalue weighted by Gasteiger charge is 2.50. The predicted molar refractivity (Wildman–Crippen MR) is 93.0 cm³/mol. The molecule has 0 fully saturated rings. The van der Waals surface area contributed by atoms with Crippen LogP contribution in [-0.4, -0.2) is 23.3 Å². The molecule has 0 spiro atoms. The second kappa shape index (κ2) is 6.57. The number of fused-ring (bicyclic) bond motifs is 1. The Hall–Kier alpha value is -2.46. The van der Waals surface area contributed by atoms with Crippen LogP contribution in [0.2, 0.25) is 0 Å². The van der Waals surface area contributed by atoms with Crippen LogP contribution in [0.1, 0.15) is 42.1 Å². The van der Waals surface area contributed by atoms with Crippen LogP contribution in [0.15, 0.2) is 54.6 Å². The largest absolute Gasteiger partial charge is 0.375 e. The van der Waals surface area contributed by atoms with Crippen molar-refractivity contribution in [2.45, 2.75) is 31.8 Å². The highest BCUT2D eigenvalue weighted by molar-refractivity contribution is 6.10. The fourth-order valence-electron chi connectivity index (χ4n) is 3.17. The molecule has 1 aliphatic rings. The van der Waals surface area contributed by atoms with Gasteiger partial charge in [-0.05, 0) is 12.5 Å². The summed E-state index contributed by atoms with van der Waals surface area (Å²) in [6.45, 7) is 2.60. The van der Waals surface area contributed by atoms with Crippen molar-refractivity contribution in [3.8, 4) is 0 Å². The van der Waals surface area contributed by atoms with E-state index in [0.717, 1.165) is 12.8 Å². The van der Waals surface area contributed by atoms with Crippen molar-refractivity contribution in [2.75, 3.05) is 11.4 Å². The third-order valence-electron chi connectivity index (χ3n) is 4.49. The number of para-hydroxylation sites is 1. The van der Waals surface area contributed by atoms with E-state index in [1.165, 1.54) is 0 Å². The molecule has 0 bridgehead atoms. The first-order chi connectivity index (χ1) is 11.6. The van der Waals surface area contributed by atoms with Crippen LogP contribution in [0.4, 0.5) is 5.69 Å². The number of carbonyl (C=O) groups excluding carboxylic acids is 2. The molecule has 0 saturated carbocycles. The lowest BCUT2D eigenvalue weighted by atomic mass is 9.88. The summed E-state index contributed by atoms with van der Waals surface area (Å²) in [6, 6.07) is 16.0. The van der Waals surface area contributed by atoms with Crippen LogP contribution >= 0.6 is 0 Å². The Bertz CT molecular complexity index is 756. The highest BCUT2D eigenvalue weighted by atomic mass is 16.3. The van der Waals surface area contributed by atoms with E-state index in [9.17, 15) is 14.7 Å². The smallest absolute Gasteiger partial charge is 0.264 e. The van der Waals surface area contributed by atoms with Crippen molar-refractivity contribution in [1.29, 1.82) is 0 Å². The number of rotatable bonds is 6. The highest BCUT2D eigenvalue weighted by Crippen LogP contribution is 2.42. The number of unbranched alkanes of at least 4 members (excludes halogenated alkanes) is 1. The standard InChI is InChI=1S/C20H21NO3/c1-2-3-13-21-17-12-8-7-11-16(17)20(24,19(21)23)14-18(22)15-9-5-4-6-10-15/h4-12,24H,2-3,13-14H2,1H3. The molecule has 0 aromatic heterocycles.